The zero-order chi connectivity index (χ0) is 12.3. The van der Waals surface area contributed by atoms with Crippen LogP contribution in [0.1, 0.15) is 10.5 Å². The number of esters is 1. The number of nitrogens with zero attached hydrogens (tertiary/aromatic N) is 2. The summed E-state index contributed by atoms with van der Waals surface area (Å²) >= 11 is 3.42. The highest BCUT2D eigenvalue weighted by atomic mass is 79.9. The predicted molar refractivity (Wildman–Crippen MR) is 66.5 cm³/mol. The van der Waals surface area contributed by atoms with Crippen molar-refractivity contribution in [1.29, 1.82) is 0 Å². The van der Waals surface area contributed by atoms with Gasteiger partial charge in [-0.2, -0.15) is 0 Å². The Hall–Kier alpha value is -1.75. The SMILES string of the molecule is COC(=O)c1ccnc(-c2ccccc2Br)n1. The summed E-state index contributed by atoms with van der Waals surface area (Å²) < 4.78 is 5.49. The Morgan fingerprint density at radius 2 is 2.06 bits per heavy atom. The molecule has 0 atom stereocenters. The van der Waals surface area contributed by atoms with Crippen LogP contribution in [0.3, 0.4) is 0 Å². The molecule has 0 aliphatic heterocycles. The lowest BCUT2D eigenvalue weighted by Gasteiger charge is -2.04. The van der Waals surface area contributed by atoms with Gasteiger partial charge in [0, 0.05) is 16.2 Å². The lowest BCUT2D eigenvalue weighted by Crippen LogP contribution is -2.05. The number of ether oxygens (including phenoxy) is 1. The van der Waals surface area contributed by atoms with Gasteiger partial charge >= 0.3 is 5.97 Å². The molecule has 0 aliphatic carbocycles. The fourth-order valence-electron chi connectivity index (χ4n) is 1.35. The van der Waals surface area contributed by atoms with Gasteiger partial charge in [-0.25, -0.2) is 14.8 Å². The molecule has 1 aromatic carbocycles. The zero-order valence-electron chi connectivity index (χ0n) is 9.05. The van der Waals surface area contributed by atoms with E-state index in [1.807, 2.05) is 24.3 Å². The molecule has 0 saturated heterocycles. The Morgan fingerprint density at radius 1 is 1.29 bits per heavy atom. The van der Waals surface area contributed by atoms with E-state index in [1.54, 1.807) is 0 Å². The second kappa shape index (κ2) is 5.05. The first-order chi connectivity index (χ1) is 8.22. The number of rotatable bonds is 2. The first-order valence-corrected chi connectivity index (χ1v) is 5.68. The standard InChI is InChI=1S/C12H9BrN2O2/c1-17-12(16)10-6-7-14-11(15-10)8-4-2-3-5-9(8)13/h2-7H,1H3. The molecule has 1 heterocycles. The van der Waals surface area contributed by atoms with Crippen LogP contribution in [0, 0.1) is 0 Å². The molecular weight excluding hydrogens is 284 g/mol. The van der Waals surface area contributed by atoms with Crippen LogP contribution < -0.4 is 0 Å². The molecule has 0 saturated carbocycles. The highest BCUT2D eigenvalue weighted by molar-refractivity contribution is 9.10. The van der Waals surface area contributed by atoms with Crippen molar-refractivity contribution in [2.24, 2.45) is 0 Å². The summed E-state index contributed by atoms with van der Waals surface area (Å²) in [5.41, 5.74) is 1.08. The van der Waals surface area contributed by atoms with Crippen molar-refractivity contribution < 1.29 is 9.53 Å². The van der Waals surface area contributed by atoms with Crippen molar-refractivity contribution in [3.8, 4) is 11.4 Å². The molecule has 4 nitrogen and oxygen atoms in total. The van der Waals surface area contributed by atoms with Gasteiger partial charge in [0.15, 0.2) is 11.5 Å². The van der Waals surface area contributed by atoms with E-state index in [4.69, 9.17) is 0 Å². The van der Waals surface area contributed by atoms with E-state index >= 15 is 0 Å². The molecule has 0 bridgehead atoms. The van der Waals surface area contributed by atoms with Crippen LogP contribution in [-0.2, 0) is 4.74 Å². The molecule has 0 unspecified atom stereocenters. The Kier molecular flexibility index (Phi) is 3.49. The maximum Gasteiger partial charge on any atom is 0.356 e. The molecule has 0 aliphatic rings. The van der Waals surface area contributed by atoms with Crippen LogP contribution in [-0.4, -0.2) is 23.0 Å². The summed E-state index contributed by atoms with van der Waals surface area (Å²) in [6.45, 7) is 0. The number of hydrogen-bond acceptors (Lipinski definition) is 4. The minimum atomic E-state index is -0.472. The van der Waals surface area contributed by atoms with Crippen LogP contribution in [0.4, 0.5) is 0 Å². The van der Waals surface area contributed by atoms with Gasteiger partial charge in [-0.3, -0.25) is 0 Å². The fraction of sp³-hybridized carbons (Fsp3) is 0.0833. The highest BCUT2D eigenvalue weighted by Gasteiger charge is 2.11. The number of carbonyl (C=O) groups is 1. The topological polar surface area (TPSA) is 52.1 Å². The van der Waals surface area contributed by atoms with Crippen LogP contribution in [0.25, 0.3) is 11.4 Å². The molecule has 2 rings (SSSR count). The second-order valence-corrected chi connectivity index (χ2v) is 4.09. The average Bonchev–Trinajstić information content (AvgIpc) is 2.38. The summed E-state index contributed by atoms with van der Waals surface area (Å²) in [6, 6.07) is 9.07. The average molecular weight is 293 g/mol. The first kappa shape index (κ1) is 11.7. The van der Waals surface area contributed by atoms with Crippen LogP contribution >= 0.6 is 15.9 Å². The number of benzene rings is 1. The zero-order valence-corrected chi connectivity index (χ0v) is 10.6. The van der Waals surface area contributed by atoms with Crippen molar-refractivity contribution in [2.45, 2.75) is 0 Å². The van der Waals surface area contributed by atoms with E-state index in [0.29, 0.717) is 5.82 Å². The Morgan fingerprint density at radius 3 is 2.76 bits per heavy atom. The van der Waals surface area contributed by atoms with E-state index < -0.39 is 5.97 Å². The molecule has 5 heteroatoms. The van der Waals surface area contributed by atoms with Crippen LogP contribution in [0.15, 0.2) is 41.0 Å². The van der Waals surface area contributed by atoms with Gasteiger partial charge in [-0.1, -0.05) is 34.1 Å². The molecular formula is C12H9BrN2O2. The summed E-state index contributed by atoms with van der Waals surface area (Å²) in [6.07, 6.45) is 1.54. The third-order valence-corrected chi connectivity index (χ3v) is 2.86. The quantitative estimate of drug-likeness (QED) is 0.799. The third-order valence-electron chi connectivity index (χ3n) is 2.16. The molecule has 0 spiro atoms. The maximum absolute atomic E-state index is 11.4. The fourth-order valence-corrected chi connectivity index (χ4v) is 1.81. The largest absolute Gasteiger partial charge is 0.464 e. The molecule has 0 N–H and O–H groups in total. The van der Waals surface area contributed by atoms with E-state index in [0.717, 1.165) is 10.0 Å². The molecule has 0 amide bonds. The lowest BCUT2D eigenvalue weighted by atomic mass is 10.2. The number of methoxy groups -OCH3 is 1. The van der Waals surface area contributed by atoms with Gasteiger partial charge in [-0.05, 0) is 12.1 Å². The molecule has 0 radical (unpaired) electrons. The van der Waals surface area contributed by atoms with E-state index in [1.165, 1.54) is 19.4 Å². The van der Waals surface area contributed by atoms with E-state index in [-0.39, 0.29) is 5.69 Å². The smallest absolute Gasteiger partial charge is 0.356 e. The van der Waals surface area contributed by atoms with Gasteiger partial charge in [0.2, 0.25) is 0 Å². The monoisotopic (exact) mass is 292 g/mol. The maximum atomic E-state index is 11.4. The molecule has 86 valence electrons. The molecule has 1 aromatic heterocycles. The van der Waals surface area contributed by atoms with Gasteiger partial charge in [0.25, 0.3) is 0 Å². The molecule has 2 aromatic rings. The number of aromatic nitrogens is 2. The van der Waals surface area contributed by atoms with Gasteiger partial charge in [0.1, 0.15) is 0 Å². The summed E-state index contributed by atoms with van der Waals surface area (Å²) in [5, 5.41) is 0. The van der Waals surface area contributed by atoms with Gasteiger partial charge in [-0.15, -0.1) is 0 Å². The summed E-state index contributed by atoms with van der Waals surface area (Å²) in [4.78, 5) is 19.7. The Bertz CT molecular complexity index is 558. The van der Waals surface area contributed by atoms with Crippen molar-refractivity contribution in [3.05, 3.63) is 46.7 Å². The Labute approximate surface area is 107 Å². The van der Waals surface area contributed by atoms with E-state index in [2.05, 4.69) is 30.6 Å². The van der Waals surface area contributed by atoms with Gasteiger partial charge < -0.3 is 4.74 Å². The minimum absolute atomic E-state index is 0.244. The molecule has 17 heavy (non-hydrogen) atoms. The van der Waals surface area contributed by atoms with E-state index in [9.17, 15) is 4.79 Å². The Balaban J connectivity index is 2.47. The molecule has 0 fully saturated rings. The highest BCUT2D eigenvalue weighted by Crippen LogP contribution is 2.24. The van der Waals surface area contributed by atoms with Crippen molar-refractivity contribution in [1.82, 2.24) is 9.97 Å². The third kappa shape index (κ3) is 2.50. The minimum Gasteiger partial charge on any atom is -0.464 e. The first-order valence-electron chi connectivity index (χ1n) is 4.88. The van der Waals surface area contributed by atoms with Crippen molar-refractivity contribution in [2.75, 3.05) is 7.11 Å². The number of hydrogen-bond donors (Lipinski definition) is 0. The summed E-state index contributed by atoms with van der Waals surface area (Å²) in [5.74, 6) is 0.0149. The van der Waals surface area contributed by atoms with Crippen molar-refractivity contribution >= 4 is 21.9 Å². The van der Waals surface area contributed by atoms with Crippen LogP contribution in [0.5, 0.6) is 0 Å². The summed E-state index contributed by atoms with van der Waals surface area (Å²) in [7, 11) is 1.32. The number of halogens is 1. The van der Waals surface area contributed by atoms with Crippen LogP contribution in [0.2, 0.25) is 0 Å². The van der Waals surface area contributed by atoms with Crippen molar-refractivity contribution in [3.63, 3.8) is 0 Å². The van der Waals surface area contributed by atoms with Gasteiger partial charge in [0.05, 0.1) is 7.11 Å². The number of carbonyl (C=O) groups excluding carboxylic acids is 1. The second-order valence-electron chi connectivity index (χ2n) is 3.24. The normalized spacial score (nSPS) is 10.0. The lowest BCUT2D eigenvalue weighted by molar-refractivity contribution is 0.0594. The predicted octanol–water partition coefficient (Wildman–Crippen LogP) is 2.69.